The lowest BCUT2D eigenvalue weighted by atomic mass is 9.82. The number of hydrogen-bond acceptors (Lipinski definition) is 11. The maximum absolute atomic E-state index is 16.5. The molecule has 3 aliphatic rings. The first-order valence-electron chi connectivity index (χ1n) is 18.2. The molecular formula is C39H48FN3O11Si. The predicted molar refractivity (Wildman–Crippen MR) is 200 cm³/mol. The van der Waals surface area contributed by atoms with Crippen molar-refractivity contribution in [3.05, 3.63) is 89.5 Å². The minimum absolute atomic E-state index is 0.00204. The van der Waals surface area contributed by atoms with E-state index in [4.69, 9.17) is 14.2 Å². The van der Waals surface area contributed by atoms with E-state index in [1.54, 1.807) is 62.5 Å². The Bertz CT molecular complexity index is 1880. The van der Waals surface area contributed by atoms with E-state index in [1.807, 2.05) is 30.3 Å². The lowest BCUT2D eigenvalue weighted by Crippen LogP contribution is -2.60. The SMILES string of the molecule is COc1ccc2c(c1)[C@]1(O[C@@H](CC(=O)N(CCO)Cc3ccccc3)[C@H]([Si](C)(C)F)[C@H]1C)C(=O)N2Cc1cccc(NC(=O)[C@H]2O[C@@H](O)[C@H](O)[C@@H](O)[C@@H]2O)c1. The molecule has 3 heterocycles. The van der Waals surface area contributed by atoms with Gasteiger partial charge in [-0.05, 0) is 54.6 Å². The topological polar surface area (TPSA) is 199 Å². The lowest BCUT2D eigenvalue weighted by molar-refractivity contribution is -0.274. The van der Waals surface area contributed by atoms with Gasteiger partial charge in [-0.15, -0.1) is 0 Å². The number of anilines is 2. The quantitative estimate of drug-likeness (QED) is 0.116. The van der Waals surface area contributed by atoms with E-state index in [0.29, 0.717) is 22.6 Å². The van der Waals surface area contributed by atoms with Crippen LogP contribution in [-0.4, -0.2) is 114 Å². The maximum Gasteiger partial charge on any atom is 0.264 e. The zero-order chi connectivity index (χ0) is 39.8. The molecule has 2 saturated heterocycles. The lowest BCUT2D eigenvalue weighted by Gasteiger charge is -2.37. The van der Waals surface area contributed by atoms with Crippen LogP contribution in [0.3, 0.4) is 0 Å². The Morgan fingerprint density at radius 2 is 1.69 bits per heavy atom. The van der Waals surface area contributed by atoms with Crippen molar-refractivity contribution in [1.82, 2.24) is 4.90 Å². The van der Waals surface area contributed by atoms with Gasteiger partial charge >= 0.3 is 0 Å². The molecule has 3 aliphatic heterocycles. The van der Waals surface area contributed by atoms with Crippen molar-refractivity contribution in [2.75, 3.05) is 30.5 Å². The van der Waals surface area contributed by atoms with Gasteiger partial charge in [-0.1, -0.05) is 49.4 Å². The van der Waals surface area contributed by atoms with Crippen LogP contribution < -0.4 is 15.0 Å². The molecule has 0 aliphatic carbocycles. The Morgan fingerprint density at radius 1 is 0.982 bits per heavy atom. The molecule has 1 spiro atoms. The molecule has 0 saturated carbocycles. The molecule has 16 heteroatoms. The number of carbonyl (C=O) groups is 3. The van der Waals surface area contributed by atoms with E-state index in [9.17, 15) is 39.9 Å². The number of hydrogen-bond donors (Lipinski definition) is 6. The largest absolute Gasteiger partial charge is 0.497 e. The first-order chi connectivity index (χ1) is 26.1. The summed E-state index contributed by atoms with van der Waals surface area (Å²) in [7, 11) is -2.13. The van der Waals surface area contributed by atoms with Crippen molar-refractivity contribution in [2.45, 2.75) is 87.5 Å². The maximum atomic E-state index is 16.5. The summed E-state index contributed by atoms with van der Waals surface area (Å²) in [5.74, 6) is -1.92. The molecule has 9 atom stereocenters. The van der Waals surface area contributed by atoms with Crippen LogP contribution in [0, 0.1) is 5.92 Å². The van der Waals surface area contributed by atoms with Crippen LogP contribution in [0.25, 0.3) is 0 Å². The van der Waals surface area contributed by atoms with Crippen molar-refractivity contribution in [3.63, 3.8) is 0 Å². The van der Waals surface area contributed by atoms with E-state index < -0.39 is 74.1 Å². The van der Waals surface area contributed by atoms with E-state index >= 15 is 4.11 Å². The van der Waals surface area contributed by atoms with E-state index in [2.05, 4.69) is 5.32 Å². The highest BCUT2D eigenvalue weighted by molar-refractivity contribution is 6.72. The standard InChI is InChI=1S/C39H48FN3O11Si/c1-22-35(55(3,4)40)29(19-30(45)42(15-16-44)20-23-9-6-5-7-10-23)54-39(22)27-18-26(52-2)13-14-28(27)43(38(39)51)21-24-11-8-12-25(17-24)41-36(49)34-32(47)31(46)33(48)37(50)53-34/h5-14,17-18,22,29,31-35,37,44,46-48,50H,15-16,19-21H2,1-4H3,(H,41,49)/t22-,29+,31+,32+,33-,34+,35-,37-,39+/m1/s1. The number of halogens is 1. The smallest absolute Gasteiger partial charge is 0.264 e. The summed E-state index contributed by atoms with van der Waals surface area (Å²) in [4.78, 5) is 44.9. The van der Waals surface area contributed by atoms with Gasteiger partial charge in [0.2, 0.25) is 14.3 Å². The fraction of sp³-hybridized carbons (Fsp3) is 0.462. The first-order valence-corrected chi connectivity index (χ1v) is 21.1. The highest BCUT2D eigenvalue weighted by Gasteiger charge is 2.67. The summed E-state index contributed by atoms with van der Waals surface area (Å²) in [5.41, 5.74) is 0.239. The van der Waals surface area contributed by atoms with Gasteiger partial charge in [-0.3, -0.25) is 14.4 Å². The van der Waals surface area contributed by atoms with Crippen LogP contribution in [0.4, 0.5) is 15.5 Å². The summed E-state index contributed by atoms with van der Waals surface area (Å²) < 4.78 is 33.9. The van der Waals surface area contributed by atoms with Gasteiger partial charge in [0, 0.05) is 35.8 Å². The molecule has 0 unspecified atom stereocenters. The molecule has 55 heavy (non-hydrogen) atoms. The fourth-order valence-corrected chi connectivity index (χ4v) is 10.7. The van der Waals surface area contributed by atoms with Crippen molar-refractivity contribution < 1.29 is 58.2 Å². The van der Waals surface area contributed by atoms with Crippen molar-refractivity contribution in [1.29, 1.82) is 0 Å². The molecule has 3 aromatic carbocycles. The minimum Gasteiger partial charge on any atom is -0.497 e. The highest BCUT2D eigenvalue weighted by Crippen LogP contribution is 2.60. The summed E-state index contributed by atoms with van der Waals surface area (Å²) in [6, 6.07) is 21.0. The fourth-order valence-electron chi connectivity index (χ4n) is 8.25. The second kappa shape index (κ2) is 16.1. The highest BCUT2D eigenvalue weighted by atomic mass is 28.4. The molecule has 0 radical (unpaired) electrons. The molecule has 14 nitrogen and oxygen atoms in total. The molecule has 0 bridgehead atoms. The number of benzene rings is 3. The predicted octanol–water partition coefficient (Wildman–Crippen LogP) is 2.17. The minimum atomic E-state index is -3.62. The van der Waals surface area contributed by atoms with Crippen LogP contribution >= 0.6 is 0 Å². The monoisotopic (exact) mass is 781 g/mol. The summed E-state index contributed by atoms with van der Waals surface area (Å²) in [6.45, 7) is 4.92. The van der Waals surface area contributed by atoms with Gasteiger partial charge in [-0.25, -0.2) is 0 Å². The van der Waals surface area contributed by atoms with Gasteiger partial charge in [0.15, 0.2) is 18.0 Å². The van der Waals surface area contributed by atoms with E-state index in [-0.39, 0.29) is 44.3 Å². The Balaban J connectivity index is 1.29. The van der Waals surface area contributed by atoms with Crippen molar-refractivity contribution >= 4 is 37.5 Å². The number of nitrogens with one attached hydrogen (secondary N) is 1. The summed E-state index contributed by atoms with van der Waals surface area (Å²) in [5, 5.41) is 52.4. The number of carbonyl (C=O) groups excluding carboxylic acids is 3. The normalized spacial score (nSPS) is 29.0. The number of aliphatic hydroxyl groups excluding tert-OH is 5. The summed E-state index contributed by atoms with van der Waals surface area (Å²) >= 11 is 0. The number of nitrogens with zero attached hydrogens (tertiary/aromatic N) is 2. The van der Waals surface area contributed by atoms with Crippen LogP contribution in [0.2, 0.25) is 18.6 Å². The Labute approximate surface area is 319 Å². The van der Waals surface area contributed by atoms with E-state index in [1.165, 1.54) is 16.9 Å². The molecule has 296 valence electrons. The van der Waals surface area contributed by atoms with Gasteiger partial charge < -0.3 is 59.0 Å². The van der Waals surface area contributed by atoms with Crippen molar-refractivity contribution in [2.24, 2.45) is 5.92 Å². The number of methoxy groups -OCH3 is 1. The van der Waals surface area contributed by atoms with Gasteiger partial charge in [-0.2, -0.15) is 0 Å². The summed E-state index contributed by atoms with van der Waals surface area (Å²) in [6.07, 6.45) is -10.2. The first kappa shape index (κ1) is 40.4. The molecule has 3 amide bonds. The third-order valence-electron chi connectivity index (χ3n) is 10.9. The molecular weight excluding hydrogens is 734 g/mol. The third kappa shape index (κ3) is 7.78. The Morgan fingerprint density at radius 3 is 2.36 bits per heavy atom. The van der Waals surface area contributed by atoms with Crippen LogP contribution in [0.15, 0.2) is 72.8 Å². The third-order valence-corrected chi connectivity index (χ3v) is 13.3. The molecule has 6 rings (SSSR count). The van der Waals surface area contributed by atoms with Crippen LogP contribution in [0.1, 0.15) is 30.0 Å². The second-order valence-electron chi connectivity index (χ2n) is 14.9. The zero-order valence-electron chi connectivity index (χ0n) is 31.0. The Hall–Kier alpha value is -4.26. The number of ether oxygens (including phenoxy) is 3. The Kier molecular flexibility index (Phi) is 11.8. The number of fused-ring (bicyclic) bond motifs is 2. The molecule has 3 aromatic rings. The van der Waals surface area contributed by atoms with Crippen LogP contribution in [-0.2, 0) is 42.5 Å². The van der Waals surface area contributed by atoms with Crippen molar-refractivity contribution in [3.8, 4) is 5.75 Å². The second-order valence-corrected chi connectivity index (χ2v) is 18.7. The molecule has 2 fully saturated rings. The van der Waals surface area contributed by atoms with Gasteiger partial charge in [0.05, 0.1) is 38.5 Å². The van der Waals surface area contributed by atoms with Gasteiger partial charge in [0.25, 0.3) is 11.8 Å². The van der Waals surface area contributed by atoms with Crippen LogP contribution in [0.5, 0.6) is 5.75 Å². The zero-order valence-corrected chi connectivity index (χ0v) is 32.0. The molecule has 0 aromatic heterocycles. The molecule has 6 N–H and O–H groups in total. The number of aliphatic hydroxyl groups is 5. The average molecular weight is 782 g/mol. The average Bonchev–Trinajstić information content (AvgIpc) is 3.58. The number of rotatable bonds is 12. The van der Waals surface area contributed by atoms with Gasteiger partial charge in [0.1, 0.15) is 24.1 Å². The number of amides is 3. The van der Waals surface area contributed by atoms with E-state index in [0.717, 1.165) is 5.56 Å².